The summed E-state index contributed by atoms with van der Waals surface area (Å²) in [6.07, 6.45) is 0.216. The molecule has 0 unspecified atom stereocenters. The van der Waals surface area contributed by atoms with E-state index in [0.29, 0.717) is 37.2 Å². The fraction of sp³-hybridized carbons (Fsp3) is 0.333. The maximum atomic E-state index is 12.9. The largest absolute Gasteiger partial charge is 0.481 e. The van der Waals surface area contributed by atoms with Gasteiger partial charge >= 0.3 is 11.9 Å². The Morgan fingerprint density at radius 3 is 2.23 bits per heavy atom. The van der Waals surface area contributed by atoms with Gasteiger partial charge in [-0.2, -0.15) is 0 Å². The molecule has 13 nitrogen and oxygen atoms in total. The minimum absolute atomic E-state index is 0.0365. The van der Waals surface area contributed by atoms with Crippen LogP contribution in [0.25, 0.3) is 0 Å². The predicted octanol–water partition coefficient (Wildman–Crippen LogP) is 0.616. The number of hydrogen-bond acceptors (Lipinski definition) is 6. The third-order valence-electron chi connectivity index (χ3n) is 6.50. The number of anilines is 1. The van der Waals surface area contributed by atoms with E-state index < -0.39 is 42.3 Å². The van der Waals surface area contributed by atoms with Gasteiger partial charge in [-0.15, -0.1) is 0 Å². The molecule has 212 valence electrons. The van der Waals surface area contributed by atoms with Gasteiger partial charge in [0.2, 0.25) is 11.8 Å². The zero-order chi connectivity index (χ0) is 29.2. The molecular weight excluding hydrogens is 520 g/mol. The van der Waals surface area contributed by atoms with E-state index in [1.165, 1.54) is 18.2 Å². The number of benzene rings is 2. The van der Waals surface area contributed by atoms with Gasteiger partial charge in [0.1, 0.15) is 12.1 Å². The molecule has 1 aliphatic rings. The lowest BCUT2D eigenvalue weighted by atomic mass is 9.96. The van der Waals surface area contributed by atoms with Crippen LogP contribution in [0.3, 0.4) is 0 Å². The number of nitrogens with one attached hydrogen (secondary N) is 4. The van der Waals surface area contributed by atoms with E-state index >= 15 is 0 Å². The lowest BCUT2D eigenvalue weighted by Gasteiger charge is -2.31. The summed E-state index contributed by atoms with van der Waals surface area (Å²) < 4.78 is 0. The second kappa shape index (κ2) is 13.7. The number of piperidine rings is 1. The highest BCUT2D eigenvalue weighted by atomic mass is 16.4. The van der Waals surface area contributed by atoms with Gasteiger partial charge in [-0.05, 0) is 36.6 Å². The highest BCUT2D eigenvalue weighted by Gasteiger charge is 2.29. The van der Waals surface area contributed by atoms with Crippen molar-refractivity contribution in [3.63, 3.8) is 0 Å². The normalized spacial score (nSPS) is 14.8. The molecule has 0 spiro atoms. The number of carboxylic acids is 2. The minimum Gasteiger partial charge on any atom is -0.481 e. The predicted molar refractivity (Wildman–Crippen MR) is 145 cm³/mol. The number of carbonyl (C=O) groups is 5. The first-order valence-corrected chi connectivity index (χ1v) is 12.6. The fourth-order valence-electron chi connectivity index (χ4n) is 4.31. The molecule has 8 N–H and O–H groups in total. The molecule has 0 aliphatic carbocycles. The van der Waals surface area contributed by atoms with Crippen molar-refractivity contribution < 1.29 is 34.2 Å². The molecular formula is C27H32N6O7. The third-order valence-corrected chi connectivity index (χ3v) is 6.50. The van der Waals surface area contributed by atoms with E-state index in [2.05, 4.69) is 16.0 Å². The molecule has 1 aliphatic heterocycles. The first-order valence-electron chi connectivity index (χ1n) is 12.6. The van der Waals surface area contributed by atoms with Crippen molar-refractivity contribution in [2.45, 2.75) is 37.8 Å². The Balaban J connectivity index is 1.65. The highest BCUT2D eigenvalue weighted by molar-refractivity contribution is 6.01. The number of amides is 3. The molecule has 1 heterocycles. The van der Waals surface area contributed by atoms with Crippen LogP contribution in [0.4, 0.5) is 5.69 Å². The van der Waals surface area contributed by atoms with Crippen LogP contribution in [-0.4, -0.2) is 75.9 Å². The Hall–Kier alpha value is -4.94. The third kappa shape index (κ3) is 8.55. The first kappa shape index (κ1) is 29.6. The van der Waals surface area contributed by atoms with Crippen molar-refractivity contribution in [1.82, 2.24) is 15.5 Å². The number of nitrogens with two attached hydrogens (primary N) is 1. The zero-order valence-electron chi connectivity index (χ0n) is 21.6. The van der Waals surface area contributed by atoms with Crippen LogP contribution >= 0.6 is 0 Å². The molecule has 40 heavy (non-hydrogen) atoms. The lowest BCUT2D eigenvalue weighted by Crippen LogP contribution is -2.52. The van der Waals surface area contributed by atoms with Crippen molar-refractivity contribution in [1.29, 1.82) is 5.41 Å². The SMILES string of the molecule is N=C(N)N1CCC(C(=O)Nc2cccc(C(=O)N[C@@H](CC(=O)O)C(=O)N[C@@H](Cc3ccccc3)C(=O)O)c2)CC1. The standard InChI is InChI=1S/C27H32N6O7/c28-27(29)33-11-9-17(10-12-33)23(36)30-19-8-4-7-18(14-19)24(37)31-20(15-22(34)35)25(38)32-21(26(39)40)13-16-5-2-1-3-6-16/h1-8,14,17,20-21H,9-13,15H2,(H3,28,29)(H,30,36)(H,31,37)(H,32,38)(H,34,35)(H,39,40)/t20-,21-/m0/s1. The summed E-state index contributed by atoms with van der Waals surface area (Å²) in [5.41, 5.74) is 6.54. The minimum atomic E-state index is -1.55. The van der Waals surface area contributed by atoms with Crippen molar-refractivity contribution in [3.8, 4) is 0 Å². The summed E-state index contributed by atoms with van der Waals surface area (Å²) >= 11 is 0. The Labute approximate surface area is 230 Å². The van der Waals surface area contributed by atoms with E-state index in [4.69, 9.17) is 11.1 Å². The van der Waals surface area contributed by atoms with Crippen molar-refractivity contribution >= 4 is 41.3 Å². The van der Waals surface area contributed by atoms with Crippen LogP contribution in [0, 0.1) is 11.3 Å². The summed E-state index contributed by atoms with van der Waals surface area (Å²) in [5, 5.41) is 33.8. The van der Waals surface area contributed by atoms with Crippen LogP contribution in [0.2, 0.25) is 0 Å². The summed E-state index contributed by atoms with van der Waals surface area (Å²) in [7, 11) is 0. The van der Waals surface area contributed by atoms with Crippen molar-refractivity contribution in [2.24, 2.45) is 11.7 Å². The number of aliphatic carboxylic acids is 2. The Morgan fingerprint density at radius 1 is 0.950 bits per heavy atom. The van der Waals surface area contributed by atoms with Crippen LogP contribution < -0.4 is 21.7 Å². The molecule has 0 radical (unpaired) electrons. The fourth-order valence-corrected chi connectivity index (χ4v) is 4.31. The van der Waals surface area contributed by atoms with Crippen molar-refractivity contribution in [3.05, 3.63) is 65.7 Å². The van der Waals surface area contributed by atoms with Crippen molar-refractivity contribution in [2.75, 3.05) is 18.4 Å². The van der Waals surface area contributed by atoms with E-state index in [1.807, 2.05) is 0 Å². The maximum absolute atomic E-state index is 12.9. The van der Waals surface area contributed by atoms with Crippen LogP contribution in [-0.2, 0) is 25.6 Å². The maximum Gasteiger partial charge on any atom is 0.326 e. The Morgan fingerprint density at radius 2 is 1.62 bits per heavy atom. The van der Waals surface area contributed by atoms with Gasteiger partial charge in [0.05, 0.1) is 6.42 Å². The molecule has 0 aromatic heterocycles. The smallest absolute Gasteiger partial charge is 0.326 e. The molecule has 1 saturated heterocycles. The quantitative estimate of drug-likeness (QED) is 0.153. The van der Waals surface area contributed by atoms with Crippen LogP contribution in [0.15, 0.2) is 54.6 Å². The average Bonchev–Trinajstić information content (AvgIpc) is 2.92. The molecule has 3 amide bonds. The van der Waals surface area contributed by atoms with E-state index in [0.717, 1.165) is 0 Å². The molecule has 2 aromatic carbocycles. The van der Waals surface area contributed by atoms with E-state index in [-0.39, 0.29) is 29.8 Å². The summed E-state index contributed by atoms with van der Waals surface area (Å²) in [6, 6.07) is 11.6. The summed E-state index contributed by atoms with van der Waals surface area (Å²) in [5.74, 6) is -5.00. The number of hydrogen-bond donors (Lipinski definition) is 7. The number of nitrogens with zero attached hydrogens (tertiary/aromatic N) is 1. The van der Waals surface area contributed by atoms with E-state index in [1.54, 1.807) is 41.3 Å². The Kier molecular flexibility index (Phi) is 10.2. The molecule has 0 saturated carbocycles. The summed E-state index contributed by atoms with van der Waals surface area (Å²) in [4.78, 5) is 63.4. The zero-order valence-corrected chi connectivity index (χ0v) is 21.6. The number of carbonyl (C=O) groups excluding carboxylic acids is 3. The van der Waals surface area contributed by atoms with Gasteiger partial charge in [-0.3, -0.25) is 24.6 Å². The number of likely N-dealkylation sites (tertiary alicyclic amines) is 1. The Bertz CT molecular complexity index is 1260. The van der Waals surface area contributed by atoms with E-state index in [9.17, 15) is 34.2 Å². The monoisotopic (exact) mass is 552 g/mol. The highest BCUT2D eigenvalue weighted by Crippen LogP contribution is 2.20. The van der Waals surface area contributed by atoms with Gasteiger partial charge in [0.25, 0.3) is 5.91 Å². The van der Waals surface area contributed by atoms with Gasteiger partial charge < -0.3 is 36.8 Å². The van der Waals surface area contributed by atoms with Gasteiger partial charge in [0, 0.05) is 36.7 Å². The van der Waals surface area contributed by atoms with Crippen LogP contribution in [0.5, 0.6) is 0 Å². The van der Waals surface area contributed by atoms with Gasteiger partial charge in [0.15, 0.2) is 5.96 Å². The number of carboxylic acid groups (broad SMARTS) is 2. The van der Waals surface area contributed by atoms with Gasteiger partial charge in [-0.25, -0.2) is 4.79 Å². The number of guanidine groups is 1. The average molecular weight is 553 g/mol. The van der Waals surface area contributed by atoms with Gasteiger partial charge in [-0.1, -0.05) is 36.4 Å². The topological polar surface area (TPSA) is 215 Å². The molecule has 1 fully saturated rings. The molecule has 0 bridgehead atoms. The summed E-state index contributed by atoms with van der Waals surface area (Å²) in [6.45, 7) is 0.966. The first-order chi connectivity index (χ1) is 19.0. The number of rotatable bonds is 11. The second-order valence-corrected chi connectivity index (χ2v) is 9.43. The molecule has 2 atom stereocenters. The molecule has 2 aromatic rings. The molecule has 3 rings (SSSR count). The molecule has 13 heteroatoms. The second-order valence-electron chi connectivity index (χ2n) is 9.43. The van der Waals surface area contributed by atoms with Crippen LogP contribution in [0.1, 0.15) is 35.2 Å². The lowest BCUT2D eigenvalue weighted by molar-refractivity contribution is -0.142.